The Labute approximate surface area is 140 Å². The SMILES string of the molecule is CC(Sc1nnc2n1CCCCC2)C(=O)NC1CCS(=O)(=O)C1. The molecule has 1 N–H and O–H groups in total. The van der Waals surface area contributed by atoms with Crippen LogP contribution >= 0.6 is 11.8 Å². The molecule has 9 heteroatoms. The molecular weight excluding hydrogens is 336 g/mol. The van der Waals surface area contributed by atoms with Crippen molar-refractivity contribution in [2.45, 2.75) is 62.0 Å². The van der Waals surface area contributed by atoms with Gasteiger partial charge in [-0.2, -0.15) is 0 Å². The topological polar surface area (TPSA) is 93.9 Å². The summed E-state index contributed by atoms with van der Waals surface area (Å²) in [4.78, 5) is 12.3. The maximum atomic E-state index is 12.3. The number of amides is 1. The van der Waals surface area contributed by atoms with Crippen LogP contribution in [0.2, 0.25) is 0 Å². The summed E-state index contributed by atoms with van der Waals surface area (Å²) >= 11 is 1.39. The third-order valence-electron chi connectivity index (χ3n) is 4.31. The Bertz CT molecular complexity index is 686. The van der Waals surface area contributed by atoms with E-state index in [1.807, 2.05) is 6.92 Å². The normalized spacial score (nSPS) is 24.7. The first-order chi connectivity index (χ1) is 10.9. The van der Waals surface area contributed by atoms with E-state index in [0.717, 1.165) is 36.8 Å². The van der Waals surface area contributed by atoms with E-state index in [1.54, 1.807) is 0 Å². The van der Waals surface area contributed by atoms with Crippen molar-refractivity contribution >= 4 is 27.5 Å². The second-order valence-corrected chi connectivity index (χ2v) is 9.77. The second kappa shape index (κ2) is 6.80. The first kappa shape index (κ1) is 16.8. The summed E-state index contributed by atoms with van der Waals surface area (Å²) < 4.78 is 25.0. The highest BCUT2D eigenvalue weighted by Crippen LogP contribution is 2.25. The molecule has 2 atom stereocenters. The Kier molecular flexibility index (Phi) is 4.96. The average Bonchev–Trinajstić information content (AvgIpc) is 2.93. The second-order valence-electron chi connectivity index (χ2n) is 6.23. The van der Waals surface area contributed by atoms with Gasteiger partial charge in [-0.25, -0.2) is 8.42 Å². The maximum absolute atomic E-state index is 12.3. The molecule has 0 aromatic carbocycles. The summed E-state index contributed by atoms with van der Waals surface area (Å²) in [6, 6.07) is -0.258. The highest BCUT2D eigenvalue weighted by Gasteiger charge is 2.30. The molecule has 0 radical (unpaired) electrons. The van der Waals surface area contributed by atoms with Crippen LogP contribution in [0.1, 0.15) is 38.4 Å². The Morgan fingerprint density at radius 3 is 2.91 bits per heavy atom. The van der Waals surface area contributed by atoms with Gasteiger partial charge in [0.05, 0.1) is 16.8 Å². The number of aryl methyl sites for hydroxylation is 1. The number of thioether (sulfide) groups is 1. The highest BCUT2D eigenvalue weighted by molar-refractivity contribution is 8.00. The van der Waals surface area contributed by atoms with Crippen molar-refractivity contribution in [2.75, 3.05) is 11.5 Å². The van der Waals surface area contributed by atoms with Gasteiger partial charge in [0.2, 0.25) is 5.91 Å². The number of nitrogens with zero attached hydrogens (tertiary/aromatic N) is 3. The summed E-state index contributed by atoms with van der Waals surface area (Å²) in [5.41, 5.74) is 0. The van der Waals surface area contributed by atoms with Crippen LogP contribution in [0.15, 0.2) is 5.16 Å². The first-order valence-corrected chi connectivity index (χ1v) is 10.7. The molecule has 7 nitrogen and oxygen atoms in total. The van der Waals surface area contributed by atoms with E-state index in [9.17, 15) is 13.2 Å². The number of carbonyl (C=O) groups excluding carboxylic acids is 1. The number of sulfone groups is 1. The third-order valence-corrected chi connectivity index (χ3v) is 7.15. The first-order valence-electron chi connectivity index (χ1n) is 8.04. The molecule has 2 aliphatic rings. The highest BCUT2D eigenvalue weighted by atomic mass is 32.2. The van der Waals surface area contributed by atoms with Gasteiger partial charge in [0.15, 0.2) is 15.0 Å². The lowest BCUT2D eigenvalue weighted by Crippen LogP contribution is -2.40. The zero-order valence-corrected chi connectivity index (χ0v) is 14.8. The number of fused-ring (bicyclic) bond motifs is 1. The molecule has 0 spiro atoms. The number of hydrogen-bond donors (Lipinski definition) is 1. The quantitative estimate of drug-likeness (QED) is 0.800. The molecule has 1 amide bonds. The van der Waals surface area contributed by atoms with Crippen LogP contribution in [-0.2, 0) is 27.6 Å². The smallest absolute Gasteiger partial charge is 0.233 e. The van der Waals surface area contributed by atoms with Crippen molar-refractivity contribution < 1.29 is 13.2 Å². The minimum Gasteiger partial charge on any atom is -0.351 e. The van der Waals surface area contributed by atoms with Crippen molar-refractivity contribution in [2.24, 2.45) is 0 Å². The van der Waals surface area contributed by atoms with Gasteiger partial charge in [-0.15, -0.1) is 10.2 Å². The van der Waals surface area contributed by atoms with E-state index in [-0.39, 0.29) is 28.7 Å². The van der Waals surface area contributed by atoms with E-state index in [0.29, 0.717) is 6.42 Å². The summed E-state index contributed by atoms with van der Waals surface area (Å²) in [5.74, 6) is 1.08. The Hall–Kier alpha value is -1.09. The fourth-order valence-electron chi connectivity index (χ4n) is 2.98. The standard InChI is InChI=1S/C14H22N4O3S2/c1-10(13(19)15-11-6-8-23(20,21)9-11)22-14-17-16-12-5-3-2-4-7-18(12)14/h10-11H,2-9H2,1H3,(H,15,19). The molecule has 128 valence electrons. The summed E-state index contributed by atoms with van der Waals surface area (Å²) in [6.45, 7) is 2.72. The molecule has 2 unspecified atom stereocenters. The molecule has 1 saturated heterocycles. The van der Waals surface area contributed by atoms with Crippen LogP contribution < -0.4 is 5.32 Å². The predicted octanol–water partition coefficient (Wildman–Crippen LogP) is 0.788. The molecule has 3 rings (SSSR count). The van der Waals surface area contributed by atoms with Crippen molar-refractivity contribution in [1.29, 1.82) is 0 Å². The fourth-order valence-corrected chi connectivity index (χ4v) is 5.56. The minimum atomic E-state index is -2.98. The van der Waals surface area contributed by atoms with Crippen LogP contribution in [0.25, 0.3) is 0 Å². The molecule has 1 fully saturated rings. The molecule has 0 saturated carbocycles. The zero-order chi connectivity index (χ0) is 16.4. The Morgan fingerprint density at radius 2 is 2.17 bits per heavy atom. The number of carbonyl (C=O) groups is 1. The van der Waals surface area contributed by atoms with Gasteiger partial charge >= 0.3 is 0 Å². The van der Waals surface area contributed by atoms with Gasteiger partial charge in [0.25, 0.3) is 0 Å². The molecule has 1 aromatic rings. The number of rotatable bonds is 4. The largest absolute Gasteiger partial charge is 0.351 e. The minimum absolute atomic E-state index is 0.0520. The van der Waals surface area contributed by atoms with E-state index >= 15 is 0 Å². The van der Waals surface area contributed by atoms with Crippen molar-refractivity contribution in [3.63, 3.8) is 0 Å². The van der Waals surface area contributed by atoms with Crippen LogP contribution in [-0.4, -0.2) is 51.9 Å². The van der Waals surface area contributed by atoms with Crippen LogP contribution in [0.5, 0.6) is 0 Å². The van der Waals surface area contributed by atoms with Gasteiger partial charge in [-0.1, -0.05) is 18.2 Å². The third kappa shape index (κ3) is 4.06. The van der Waals surface area contributed by atoms with Crippen LogP contribution in [0.3, 0.4) is 0 Å². The molecule has 2 aliphatic heterocycles. The van der Waals surface area contributed by atoms with Crippen LogP contribution in [0.4, 0.5) is 0 Å². The van der Waals surface area contributed by atoms with Gasteiger partial charge in [0.1, 0.15) is 5.82 Å². The van der Waals surface area contributed by atoms with E-state index in [2.05, 4.69) is 20.1 Å². The van der Waals surface area contributed by atoms with Crippen molar-refractivity contribution in [1.82, 2.24) is 20.1 Å². The molecule has 0 aliphatic carbocycles. The predicted molar refractivity (Wildman–Crippen MR) is 88.1 cm³/mol. The molecule has 0 bridgehead atoms. The summed E-state index contributed by atoms with van der Waals surface area (Å²) in [6.07, 6.45) is 4.88. The van der Waals surface area contributed by atoms with E-state index < -0.39 is 9.84 Å². The maximum Gasteiger partial charge on any atom is 0.233 e. The van der Waals surface area contributed by atoms with E-state index in [1.165, 1.54) is 18.2 Å². The van der Waals surface area contributed by atoms with Crippen molar-refractivity contribution in [3.05, 3.63) is 5.82 Å². The van der Waals surface area contributed by atoms with Gasteiger partial charge in [-0.05, 0) is 26.2 Å². The number of nitrogens with one attached hydrogen (secondary N) is 1. The molecule has 3 heterocycles. The van der Waals surface area contributed by atoms with Gasteiger partial charge in [-0.3, -0.25) is 4.79 Å². The average molecular weight is 358 g/mol. The van der Waals surface area contributed by atoms with Gasteiger partial charge < -0.3 is 9.88 Å². The molecule has 23 heavy (non-hydrogen) atoms. The Balaban J connectivity index is 1.60. The lowest BCUT2D eigenvalue weighted by molar-refractivity contribution is -0.120. The zero-order valence-electron chi connectivity index (χ0n) is 13.2. The van der Waals surface area contributed by atoms with Crippen LogP contribution in [0, 0.1) is 0 Å². The monoisotopic (exact) mass is 358 g/mol. The number of hydrogen-bond acceptors (Lipinski definition) is 6. The lowest BCUT2D eigenvalue weighted by Gasteiger charge is -2.15. The Morgan fingerprint density at radius 1 is 1.35 bits per heavy atom. The molecule has 1 aromatic heterocycles. The lowest BCUT2D eigenvalue weighted by atomic mass is 10.2. The molecular formula is C14H22N4O3S2. The number of aromatic nitrogens is 3. The fraction of sp³-hybridized carbons (Fsp3) is 0.786. The van der Waals surface area contributed by atoms with Crippen molar-refractivity contribution in [3.8, 4) is 0 Å². The summed E-state index contributed by atoms with van der Waals surface area (Å²) in [7, 11) is -2.98. The van der Waals surface area contributed by atoms with Gasteiger partial charge in [0, 0.05) is 19.0 Å². The van der Waals surface area contributed by atoms with E-state index in [4.69, 9.17) is 0 Å². The summed E-state index contributed by atoms with van der Waals surface area (Å²) in [5, 5.41) is 11.7.